The van der Waals surface area contributed by atoms with E-state index < -0.39 is 12.1 Å². The minimum absolute atomic E-state index is 0.0881. The van der Waals surface area contributed by atoms with Crippen molar-refractivity contribution in [2.24, 2.45) is 5.92 Å². The van der Waals surface area contributed by atoms with Crippen molar-refractivity contribution in [1.82, 2.24) is 10.2 Å². The number of anilines is 1. The molecule has 2 fully saturated rings. The maximum Gasteiger partial charge on any atom is 0.391 e. The van der Waals surface area contributed by atoms with Crippen LogP contribution < -0.4 is 10.2 Å². The Morgan fingerprint density at radius 1 is 1.00 bits per heavy atom. The summed E-state index contributed by atoms with van der Waals surface area (Å²) in [4.78, 5) is 16.4. The molecule has 1 N–H and O–H groups in total. The summed E-state index contributed by atoms with van der Waals surface area (Å²) in [6.45, 7) is 3.18. The van der Waals surface area contributed by atoms with Crippen LogP contribution in [0, 0.1) is 11.7 Å². The molecule has 8 heteroatoms. The van der Waals surface area contributed by atoms with Crippen molar-refractivity contribution in [3.05, 3.63) is 30.1 Å². The topological polar surface area (TPSA) is 35.6 Å². The molecule has 1 aromatic carbocycles. The van der Waals surface area contributed by atoms with Crippen LogP contribution in [0.1, 0.15) is 25.7 Å². The zero-order chi connectivity index (χ0) is 19.4. The number of hydrogen-bond donors (Lipinski definition) is 1. The van der Waals surface area contributed by atoms with Gasteiger partial charge in [0.25, 0.3) is 0 Å². The lowest BCUT2D eigenvalue weighted by atomic mass is 9.85. The lowest BCUT2D eigenvalue weighted by Gasteiger charge is -2.36. The van der Waals surface area contributed by atoms with Crippen molar-refractivity contribution in [1.29, 1.82) is 0 Å². The van der Waals surface area contributed by atoms with Gasteiger partial charge in [-0.2, -0.15) is 13.2 Å². The number of alkyl halides is 3. The molecule has 0 atom stereocenters. The van der Waals surface area contributed by atoms with Gasteiger partial charge < -0.3 is 10.2 Å². The summed E-state index contributed by atoms with van der Waals surface area (Å²) in [5, 5.41) is 2.88. The van der Waals surface area contributed by atoms with Crippen molar-refractivity contribution in [3.63, 3.8) is 0 Å². The van der Waals surface area contributed by atoms with Crippen LogP contribution in [0.4, 0.5) is 23.2 Å². The fraction of sp³-hybridized carbons (Fsp3) is 0.632. The molecule has 1 saturated carbocycles. The van der Waals surface area contributed by atoms with E-state index in [0.29, 0.717) is 25.9 Å². The van der Waals surface area contributed by atoms with Crippen LogP contribution >= 0.6 is 0 Å². The predicted molar refractivity (Wildman–Crippen MR) is 95.0 cm³/mol. The van der Waals surface area contributed by atoms with Gasteiger partial charge in [0.05, 0.1) is 12.5 Å². The number of benzene rings is 1. The van der Waals surface area contributed by atoms with Crippen molar-refractivity contribution in [2.75, 3.05) is 37.6 Å². The maximum atomic E-state index is 13.0. The molecule has 0 aromatic heterocycles. The van der Waals surface area contributed by atoms with Gasteiger partial charge in [0, 0.05) is 37.9 Å². The van der Waals surface area contributed by atoms with Crippen molar-refractivity contribution >= 4 is 11.6 Å². The van der Waals surface area contributed by atoms with Gasteiger partial charge in [-0.05, 0) is 49.9 Å². The number of halogens is 4. The summed E-state index contributed by atoms with van der Waals surface area (Å²) < 4.78 is 51.1. The molecule has 0 unspecified atom stereocenters. The Kier molecular flexibility index (Phi) is 6.24. The second kappa shape index (κ2) is 8.46. The standard InChI is InChI=1S/C19H25F4N3O/c20-15-3-7-17(8-4-15)26-11-9-25(10-12-26)13-18(27)24-16-5-1-14(2-6-16)19(21,22)23/h3-4,7-8,14,16H,1-2,5-6,9-13H2,(H,24,27). The quantitative estimate of drug-likeness (QED) is 0.806. The van der Waals surface area contributed by atoms with E-state index in [2.05, 4.69) is 10.2 Å². The van der Waals surface area contributed by atoms with E-state index in [1.165, 1.54) is 12.1 Å². The van der Waals surface area contributed by atoms with Crippen molar-refractivity contribution in [3.8, 4) is 0 Å². The molecule has 0 spiro atoms. The van der Waals surface area contributed by atoms with E-state index in [1.807, 2.05) is 4.90 Å². The summed E-state index contributed by atoms with van der Waals surface area (Å²) in [6.07, 6.45) is -3.18. The number of nitrogens with zero attached hydrogens (tertiary/aromatic N) is 2. The molecule has 1 aliphatic heterocycles. The predicted octanol–water partition coefficient (Wildman–Crippen LogP) is 3.19. The van der Waals surface area contributed by atoms with Crippen molar-refractivity contribution in [2.45, 2.75) is 37.9 Å². The smallest absolute Gasteiger partial charge is 0.369 e. The molecule has 1 saturated heterocycles. The molecule has 27 heavy (non-hydrogen) atoms. The maximum absolute atomic E-state index is 13.0. The molecule has 1 amide bonds. The van der Waals surface area contributed by atoms with Crippen LogP contribution in [0.25, 0.3) is 0 Å². The lowest BCUT2D eigenvalue weighted by molar-refractivity contribution is -0.182. The summed E-state index contributed by atoms with van der Waals surface area (Å²) >= 11 is 0. The van der Waals surface area contributed by atoms with E-state index >= 15 is 0 Å². The second-order valence-corrected chi connectivity index (χ2v) is 7.40. The minimum Gasteiger partial charge on any atom is -0.369 e. The Bertz CT molecular complexity index is 619. The molecule has 0 radical (unpaired) electrons. The number of amides is 1. The number of carbonyl (C=O) groups is 1. The van der Waals surface area contributed by atoms with Crippen LogP contribution in [-0.4, -0.2) is 55.7 Å². The molecule has 150 valence electrons. The molecule has 1 aliphatic carbocycles. The summed E-state index contributed by atoms with van der Waals surface area (Å²) in [5.41, 5.74) is 0.960. The Hall–Kier alpha value is -1.83. The number of hydrogen-bond acceptors (Lipinski definition) is 3. The molecule has 0 bridgehead atoms. The molecule has 3 rings (SSSR count). The van der Waals surface area contributed by atoms with Gasteiger partial charge in [0.2, 0.25) is 5.91 Å². The molecule has 2 aliphatic rings. The van der Waals surface area contributed by atoms with Crippen LogP contribution in [0.5, 0.6) is 0 Å². The molecule has 1 aromatic rings. The zero-order valence-corrected chi connectivity index (χ0v) is 15.1. The van der Waals surface area contributed by atoms with Gasteiger partial charge in [-0.1, -0.05) is 0 Å². The lowest BCUT2D eigenvalue weighted by Crippen LogP contribution is -2.51. The first-order chi connectivity index (χ1) is 12.8. The van der Waals surface area contributed by atoms with Crippen molar-refractivity contribution < 1.29 is 22.4 Å². The third-order valence-electron chi connectivity index (χ3n) is 5.49. The largest absolute Gasteiger partial charge is 0.391 e. The Morgan fingerprint density at radius 3 is 2.15 bits per heavy atom. The Labute approximate surface area is 156 Å². The molecular formula is C19H25F4N3O. The van der Waals surface area contributed by atoms with E-state index in [-0.39, 0.29) is 37.2 Å². The fourth-order valence-corrected chi connectivity index (χ4v) is 3.86. The monoisotopic (exact) mass is 387 g/mol. The zero-order valence-electron chi connectivity index (χ0n) is 15.1. The van der Waals surface area contributed by atoms with E-state index in [1.54, 1.807) is 12.1 Å². The minimum atomic E-state index is -4.13. The first-order valence-electron chi connectivity index (χ1n) is 9.40. The third-order valence-corrected chi connectivity index (χ3v) is 5.49. The van der Waals surface area contributed by atoms with E-state index in [4.69, 9.17) is 0 Å². The highest BCUT2D eigenvalue weighted by Crippen LogP contribution is 2.37. The van der Waals surface area contributed by atoms with Crippen LogP contribution in [0.3, 0.4) is 0 Å². The fourth-order valence-electron chi connectivity index (χ4n) is 3.86. The first-order valence-corrected chi connectivity index (χ1v) is 9.40. The average molecular weight is 387 g/mol. The Balaban J connectivity index is 1.38. The number of piperazine rings is 1. The average Bonchev–Trinajstić information content (AvgIpc) is 2.63. The van der Waals surface area contributed by atoms with Gasteiger partial charge >= 0.3 is 6.18 Å². The number of carbonyl (C=O) groups excluding carboxylic acids is 1. The van der Waals surface area contributed by atoms with Crippen LogP contribution in [0.15, 0.2) is 24.3 Å². The highest BCUT2D eigenvalue weighted by Gasteiger charge is 2.41. The third kappa shape index (κ3) is 5.57. The Morgan fingerprint density at radius 2 is 1.59 bits per heavy atom. The molecule has 1 heterocycles. The van der Waals surface area contributed by atoms with Crippen LogP contribution in [-0.2, 0) is 4.79 Å². The van der Waals surface area contributed by atoms with Gasteiger partial charge in [-0.15, -0.1) is 0 Å². The normalized spacial score (nSPS) is 24.7. The first kappa shape index (κ1) is 19.9. The number of rotatable bonds is 4. The van der Waals surface area contributed by atoms with E-state index in [0.717, 1.165) is 18.8 Å². The summed E-state index contributed by atoms with van der Waals surface area (Å²) in [6, 6.07) is 6.20. The summed E-state index contributed by atoms with van der Waals surface area (Å²) in [5.74, 6) is -1.62. The van der Waals surface area contributed by atoms with Gasteiger partial charge in [-0.25, -0.2) is 4.39 Å². The second-order valence-electron chi connectivity index (χ2n) is 7.40. The SMILES string of the molecule is O=C(CN1CCN(c2ccc(F)cc2)CC1)NC1CCC(C(F)(F)F)CC1. The molecular weight excluding hydrogens is 362 g/mol. The van der Waals surface area contributed by atoms with Gasteiger partial charge in [0.1, 0.15) is 5.82 Å². The van der Waals surface area contributed by atoms with Crippen LogP contribution in [0.2, 0.25) is 0 Å². The highest BCUT2D eigenvalue weighted by molar-refractivity contribution is 5.78. The highest BCUT2D eigenvalue weighted by atomic mass is 19.4. The summed E-state index contributed by atoms with van der Waals surface area (Å²) in [7, 11) is 0. The number of nitrogens with one attached hydrogen (secondary N) is 1. The molecule has 4 nitrogen and oxygen atoms in total. The van der Waals surface area contributed by atoms with Gasteiger partial charge in [-0.3, -0.25) is 9.69 Å². The van der Waals surface area contributed by atoms with Gasteiger partial charge in [0.15, 0.2) is 0 Å². The van der Waals surface area contributed by atoms with E-state index in [9.17, 15) is 22.4 Å².